The van der Waals surface area contributed by atoms with Gasteiger partial charge in [-0.2, -0.15) is 13.2 Å². The number of hydrogen-bond donors (Lipinski definition) is 0. The smallest absolute Gasteiger partial charge is 0.256 e. The highest BCUT2D eigenvalue weighted by Crippen LogP contribution is 2.26. The van der Waals surface area contributed by atoms with E-state index in [-0.39, 0.29) is 5.88 Å². The van der Waals surface area contributed by atoms with Crippen LogP contribution in [-0.4, -0.2) is 9.97 Å². The van der Waals surface area contributed by atoms with E-state index in [1.54, 1.807) is 0 Å². The Kier molecular flexibility index (Phi) is 2.52. The predicted molar refractivity (Wildman–Crippen MR) is 36.6 cm³/mol. The molecule has 66 valence electrons. The van der Waals surface area contributed by atoms with Gasteiger partial charge in [0, 0.05) is 0 Å². The summed E-state index contributed by atoms with van der Waals surface area (Å²) in [5.74, 6) is 0.0607. The molecule has 0 fully saturated rings. The maximum Gasteiger partial charge on any atom is 0.434 e. The molecule has 0 aliphatic heterocycles. The van der Waals surface area contributed by atoms with Crippen LogP contribution in [0.3, 0.4) is 0 Å². The van der Waals surface area contributed by atoms with Crippen molar-refractivity contribution in [2.24, 2.45) is 0 Å². The van der Waals surface area contributed by atoms with Gasteiger partial charge in [0.2, 0.25) is 0 Å². The van der Waals surface area contributed by atoms with Crippen molar-refractivity contribution in [3.8, 4) is 0 Å². The van der Waals surface area contributed by atoms with Crippen LogP contribution in [-0.2, 0) is 12.1 Å². The Labute approximate surface area is 71.4 Å². The van der Waals surface area contributed by atoms with Gasteiger partial charge in [0.1, 0.15) is 0 Å². The number of nitrogens with zero attached hydrogens (tertiary/aromatic N) is 2. The highest BCUT2D eigenvalue weighted by atomic mass is 35.5. The number of aromatic nitrogens is 2. The largest absolute Gasteiger partial charge is 0.434 e. The fraction of sp³-hybridized carbons (Fsp3) is 0.333. The summed E-state index contributed by atoms with van der Waals surface area (Å²) in [5, 5.41) is 0. The quantitative estimate of drug-likeness (QED) is 0.644. The second-order valence-electron chi connectivity index (χ2n) is 2.02. The summed E-state index contributed by atoms with van der Waals surface area (Å²) in [6.45, 7) is 0. The maximum atomic E-state index is 11.9. The van der Waals surface area contributed by atoms with Crippen LogP contribution in [0, 0.1) is 0 Å². The van der Waals surface area contributed by atoms with Crippen molar-refractivity contribution < 1.29 is 13.2 Å². The third kappa shape index (κ3) is 2.07. The highest BCUT2D eigenvalue weighted by molar-refractivity contribution is 6.16. The Bertz CT molecular complexity index is 256. The summed E-state index contributed by atoms with van der Waals surface area (Å²) in [4.78, 5) is 6.60. The minimum absolute atomic E-state index is 0.0607. The van der Waals surface area contributed by atoms with Crippen LogP contribution >= 0.6 is 11.6 Å². The molecule has 0 aliphatic rings. The molecule has 0 aliphatic carbocycles. The molecule has 0 aromatic carbocycles. The molecule has 0 N–H and O–H groups in total. The van der Waals surface area contributed by atoms with E-state index in [0.29, 0.717) is 11.9 Å². The van der Waals surface area contributed by atoms with Crippen LogP contribution in [0.15, 0.2) is 12.4 Å². The summed E-state index contributed by atoms with van der Waals surface area (Å²) in [6, 6.07) is 0. The molecule has 0 bridgehead atoms. The fourth-order valence-corrected chi connectivity index (χ4v) is 0.708. The van der Waals surface area contributed by atoms with E-state index in [1.165, 1.54) is 0 Å². The lowest BCUT2D eigenvalue weighted by molar-refractivity contribution is -0.141. The summed E-state index contributed by atoms with van der Waals surface area (Å²) >= 11 is 5.31. The van der Waals surface area contributed by atoms with Gasteiger partial charge in [-0.05, 0) is 0 Å². The molecule has 0 radical (unpaired) electrons. The van der Waals surface area contributed by atoms with Crippen LogP contribution in [0.2, 0.25) is 0 Å². The molecule has 6 heteroatoms. The third-order valence-electron chi connectivity index (χ3n) is 1.13. The second-order valence-corrected chi connectivity index (χ2v) is 2.29. The van der Waals surface area contributed by atoms with E-state index in [2.05, 4.69) is 9.97 Å². The van der Waals surface area contributed by atoms with E-state index < -0.39 is 11.9 Å². The standard InChI is InChI=1S/C6H4ClF3N2/c7-1-4-2-12-5(3-11-4)6(8,9)10/h2-3H,1H2. The minimum Gasteiger partial charge on any atom is -0.256 e. The molecule has 0 spiro atoms. The fourth-order valence-electron chi connectivity index (χ4n) is 0.570. The number of rotatable bonds is 1. The normalized spacial score (nSPS) is 11.7. The maximum absolute atomic E-state index is 11.9. The third-order valence-corrected chi connectivity index (χ3v) is 1.41. The zero-order chi connectivity index (χ0) is 9.19. The van der Waals surface area contributed by atoms with Gasteiger partial charge >= 0.3 is 6.18 Å². The average Bonchev–Trinajstić information content (AvgIpc) is 2.03. The second kappa shape index (κ2) is 3.26. The van der Waals surface area contributed by atoms with Gasteiger partial charge in [-0.15, -0.1) is 11.6 Å². The molecule has 0 saturated carbocycles. The van der Waals surface area contributed by atoms with E-state index in [1.807, 2.05) is 0 Å². The van der Waals surface area contributed by atoms with Crippen molar-refractivity contribution in [2.75, 3.05) is 0 Å². The van der Waals surface area contributed by atoms with E-state index >= 15 is 0 Å². The Morgan fingerprint density at radius 2 is 1.92 bits per heavy atom. The Morgan fingerprint density at radius 3 is 2.25 bits per heavy atom. The molecular formula is C6H4ClF3N2. The SMILES string of the molecule is FC(F)(F)c1cnc(CCl)cn1. The first kappa shape index (κ1) is 9.25. The highest BCUT2D eigenvalue weighted by Gasteiger charge is 2.32. The monoisotopic (exact) mass is 196 g/mol. The lowest BCUT2D eigenvalue weighted by atomic mass is 10.4. The predicted octanol–water partition coefficient (Wildman–Crippen LogP) is 2.23. The van der Waals surface area contributed by atoms with Gasteiger partial charge in [-0.25, -0.2) is 4.98 Å². The van der Waals surface area contributed by atoms with Crippen LogP contribution in [0.5, 0.6) is 0 Å². The molecule has 1 heterocycles. The Balaban J connectivity index is 2.93. The van der Waals surface area contributed by atoms with Gasteiger partial charge in [-0.3, -0.25) is 4.98 Å². The van der Waals surface area contributed by atoms with Crippen molar-refractivity contribution in [2.45, 2.75) is 12.1 Å². The molecule has 0 amide bonds. The van der Waals surface area contributed by atoms with Gasteiger partial charge in [-0.1, -0.05) is 0 Å². The molecule has 1 aromatic rings. The molecule has 0 saturated heterocycles. The summed E-state index contributed by atoms with van der Waals surface area (Å²) in [5.41, 5.74) is -0.680. The summed E-state index contributed by atoms with van der Waals surface area (Å²) in [6.07, 6.45) is -2.76. The molecule has 2 nitrogen and oxygen atoms in total. The van der Waals surface area contributed by atoms with E-state index in [0.717, 1.165) is 6.20 Å². The lowest BCUT2D eigenvalue weighted by Crippen LogP contribution is -2.08. The zero-order valence-electron chi connectivity index (χ0n) is 5.77. The van der Waals surface area contributed by atoms with Crippen molar-refractivity contribution in [3.63, 3.8) is 0 Å². The van der Waals surface area contributed by atoms with E-state index in [4.69, 9.17) is 11.6 Å². The summed E-state index contributed by atoms with van der Waals surface area (Å²) in [7, 11) is 0. The van der Waals surface area contributed by atoms with Gasteiger partial charge in [0.15, 0.2) is 5.69 Å². The number of halogens is 4. The van der Waals surface area contributed by atoms with Gasteiger partial charge in [0.25, 0.3) is 0 Å². The van der Waals surface area contributed by atoms with Crippen LogP contribution < -0.4 is 0 Å². The molecule has 0 unspecified atom stereocenters. The van der Waals surface area contributed by atoms with Gasteiger partial charge in [0.05, 0.1) is 24.0 Å². The number of alkyl halides is 4. The van der Waals surface area contributed by atoms with Crippen molar-refractivity contribution in [1.82, 2.24) is 9.97 Å². The first-order valence-corrected chi connectivity index (χ1v) is 3.51. The molecule has 1 rings (SSSR count). The van der Waals surface area contributed by atoms with Crippen molar-refractivity contribution in [3.05, 3.63) is 23.8 Å². The first-order valence-electron chi connectivity index (χ1n) is 2.98. The number of hydrogen-bond acceptors (Lipinski definition) is 2. The zero-order valence-corrected chi connectivity index (χ0v) is 6.52. The molecule has 0 atom stereocenters. The Hall–Kier alpha value is -0.840. The molecular weight excluding hydrogens is 193 g/mol. The van der Waals surface area contributed by atoms with Crippen LogP contribution in [0.25, 0.3) is 0 Å². The average molecular weight is 197 g/mol. The van der Waals surface area contributed by atoms with E-state index in [9.17, 15) is 13.2 Å². The summed E-state index contributed by atoms with van der Waals surface area (Å²) < 4.78 is 35.7. The first-order chi connectivity index (χ1) is 5.54. The van der Waals surface area contributed by atoms with Crippen molar-refractivity contribution >= 4 is 11.6 Å². The van der Waals surface area contributed by atoms with Crippen LogP contribution in [0.1, 0.15) is 11.4 Å². The van der Waals surface area contributed by atoms with Crippen molar-refractivity contribution in [1.29, 1.82) is 0 Å². The molecule has 1 aromatic heterocycles. The van der Waals surface area contributed by atoms with Gasteiger partial charge < -0.3 is 0 Å². The molecule has 12 heavy (non-hydrogen) atoms. The topological polar surface area (TPSA) is 25.8 Å². The van der Waals surface area contributed by atoms with Crippen LogP contribution in [0.4, 0.5) is 13.2 Å². The minimum atomic E-state index is -4.43. The lowest BCUT2D eigenvalue weighted by Gasteiger charge is -2.03. The Morgan fingerprint density at radius 1 is 1.25 bits per heavy atom.